The molecule has 1 N–H and O–H groups in total. The number of nitrogens with zero attached hydrogens (tertiary/aromatic N) is 2. The standard InChI is InChI=1S/C12H20N2O/c1-4-14-10(6-9(3)13-14)7-12(15)11-5-8(11)2/h6,8,11-12,15H,4-5,7H2,1-3H3. The molecule has 0 bridgehead atoms. The summed E-state index contributed by atoms with van der Waals surface area (Å²) in [6, 6.07) is 2.08. The molecule has 3 nitrogen and oxygen atoms in total. The van der Waals surface area contributed by atoms with Crippen LogP contribution in [0.25, 0.3) is 0 Å². The predicted molar refractivity (Wildman–Crippen MR) is 59.6 cm³/mol. The van der Waals surface area contributed by atoms with Crippen LogP contribution < -0.4 is 0 Å². The molecule has 84 valence electrons. The van der Waals surface area contributed by atoms with Crippen molar-refractivity contribution in [1.29, 1.82) is 0 Å². The monoisotopic (exact) mass is 208 g/mol. The zero-order valence-corrected chi connectivity index (χ0v) is 9.77. The molecule has 1 aromatic rings. The molecular formula is C12H20N2O. The van der Waals surface area contributed by atoms with E-state index in [2.05, 4.69) is 25.0 Å². The molecule has 0 spiro atoms. The Hall–Kier alpha value is -0.830. The largest absolute Gasteiger partial charge is 0.392 e. The number of hydrogen-bond donors (Lipinski definition) is 1. The average molecular weight is 208 g/mol. The van der Waals surface area contributed by atoms with E-state index in [0.717, 1.165) is 18.7 Å². The number of aryl methyl sites for hydroxylation is 2. The van der Waals surface area contributed by atoms with Crippen LogP contribution in [0.3, 0.4) is 0 Å². The van der Waals surface area contributed by atoms with Gasteiger partial charge in [-0.2, -0.15) is 5.10 Å². The summed E-state index contributed by atoms with van der Waals surface area (Å²) in [7, 11) is 0. The van der Waals surface area contributed by atoms with Crippen molar-refractivity contribution in [1.82, 2.24) is 9.78 Å². The smallest absolute Gasteiger partial charge is 0.0626 e. The molecular weight excluding hydrogens is 188 g/mol. The SMILES string of the molecule is CCn1nc(C)cc1CC(O)C1CC1C. The summed E-state index contributed by atoms with van der Waals surface area (Å²) in [5.74, 6) is 1.23. The Morgan fingerprint density at radius 2 is 2.33 bits per heavy atom. The number of hydrogen-bond acceptors (Lipinski definition) is 2. The molecule has 2 rings (SSSR count). The van der Waals surface area contributed by atoms with E-state index >= 15 is 0 Å². The lowest BCUT2D eigenvalue weighted by Crippen LogP contribution is -2.17. The minimum atomic E-state index is -0.179. The van der Waals surface area contributed by atoms with Crippen molar-refractivity contribution >= 4 is 0 Å². The molecule has 0 amide bonds. The van der Waals surface area contributed by atoms with Gasteiger partial charge in [0.25, 0.3) is 0 Å². The molecule has 0 saturated heterocycles. The Bertz CT molecular complexity index is 345. The van der Waals surface area contributed by atoms with Crippen LogP contribution in [0.15, 0.2) is 6.07 Å². The molecule has 0 aromatic carbocycles. The lowest BCUT2D eigenvalue weighted by molar-refractivity contribution is 0.143. The number of rotatable bonds is 4. The van der Waals surface area contributed by atoms with E-state index in [0.29, 0.717) is 11.8 Å². The second kappa shape index (κ2) is 3.97. The average Bonchev–Trinajstić information content (AvgIpc) is 2.80. The fourth-order valence-electron chi connectivity index (χ4n) is 2.29. The minimum Gasteiger partial charge on any atom is -0.392 e. The highest BCUT2D eigenvalue weighted by Crippen LogP contribution is 2.41. The molecule has 3 heteroatoms. The van der Waals surface area contributed by atoms with Crippen molar-refractivity contribution in [3.8, 4) is 0 Å². The van der Waals surface area contributed by atoms with Crippen LogP contribution in [-0.4, -0.2) is 21.0 Å². The summed E-state index contributed by atoms with van der Waals surface area (Å²) in [6.45, 7) is 7.18. The van der Waals surface area contributed by atoms with Gasteiger partial charge in [0.05, 0.1) is 11.8 Å². The van der Waals surface area contributed by atoms with Gasteiger partial charge in [0, 0.05) is 18.7 Å². The third-order valence-corrected chi connectivity index (χ3v) is 3.37. The van der Waals surface area contributed by atoms with E-state index in [-0.39, 0.29) is 6.10 Å². The van der Waals surface area contributed by atoms with Crippen molar-refractivity contribution in [2.24, 2.45) is 11.8 Å². The third-order valence-electron chi connectivity index (χ3n) is 3.37. The van der Waals surface area contributed by atoms with Crippen molar-refractivity contribution in [3.05, 3.63) is 17.5 Å². The number of aliphatic hydroxyl groups excluding tert-OH is 1. The molecule has 0 radical (unpaired) electrons. The zero-order valence-electron chi connectivity index (χ0n) is 9.77. The van der Waals surface area contributed by atoms with Gasteiger partial charge in [-0.1, -0.05) is 6.92 Å². The first-order valence-corrected chi connectivity index (χ1v) is 5.83. The minimum absolute atomic E-state index is 0.179. The first-order chi connectivity index (χ1) is 7.11. The Kier molecular flexibility index (Phi) is 2.83. The Labute approximate surface area is 91.1 Å². The predicted octanol–water partition coefficient (Wildman–Crippen LogP) is 1.77. The molecule has 1 saturated carbocycles. The van der Waals surface area contributed by atoms with Gasteiger partial charge in [-0.15, -0.1) is 0 Å². The molecule has 1 aliphatic carbocycles. The Morgan fingerprint density at radius 3 is 2.87 bits per heavy atom. The van der Waals surface area contributed by atoms with Gasteiger partial charge in [-0.05, 0) is 38.2 Å². The summed E-state index contributed by atoms with van der Waals surface area (Å²) in [6.07, 6.45) is 1.76. The first kappa shape index (κ1) is 10.7. The van der Waals surface area contributed by atoms with Crippen LogP contribution in [-0.2, 0) is 13.0 Å². The lowest BCUT2D eigenvalue weighted by Gasteiger charge is -2.10. The molecule has 15 heavy (non-hydrogen) atoms. The Morgan fingerprint density at radius 1 is 1.67 bits per heavy atom. The second-order valence-electron chi connectivity index (χ2n) is 4.74. The molecule has 1 aliphatic rings. The van der Waals surface area contributed by atoms with Crippen LogP contribution in [0.4, 0.5) is 0 Å². The molecule has 1 heterocycles. The second-order valence-corrected chi connectivity index (χ2v) is 4.74. The molecule has 3 unspecified atom stereocenters. The number of aliphatic hydroxyl groups is 1. The highest BCUT2D eigenvalue weighted by atomic mass is 16.3. The fraction of sp³-hybridized carbons (Fsp3) is 0.750. The summed E-state index contributed by atoms with van der Waals surface area (Å²) in [4.78, 5) is 0. The van der Waals surface area contributed by atoms with Crippen LogP contribution in [0.5, 0.6) is 0 Å². The van der Waals surface area contributed by atoms with Gasteiger partial charge in [-0.25, -0.2) is 0 Å². The van der Waals surface area contributed by atoms with Gasteiger partial charge in [-0.3, -0.25) is 4.68 Å². The maximum atomic E-state index is 10.0. The van der Waals surface area contributed by atoms with E-state index < -0.39 is 0 Å². The zero-order chi connectivity index (χ0) is 11.0. The molecule has 1 fully saturated rings. The molecule has 3 atom stereocenters. The van der Waals surface area contributed by atoms with E-state index in [4.69, 9.17) is 0 Å². The van der Waals surface area contributed by atoms with Crippen LogP contribution in [0.1, 0.15) is 31.7 Å². The van der Waals surface area contributed by atoms with Crippen molar-refractivity contribution in [2.45, 2.75) is 46.3 Å². The van der Waals surface area contributed by atoms with Gasteiger partial charge in [0.1, 0.15) is 0 Å². The van der Waals surface area contributed by atoms with Gasteiger partial charge in [0.2, 0.25) is 0 Å². The van der Waals surface area contributed by atoms with E-state index in [9.17, 15) is 5.11 Å². The summed E-state index contributed by atoms with van der Waals surface area (Å²) in [5, 5.41) is 14.4. The quantitative estimate of drug-likeness (QED) is 0.819. The van der Waals surface area contributed by atoms with Crippen LogP contribution >= 0.6 is 0 Å². The maximum Gasteiger partial charge on any atom is 0.0626 e. The number of aromatic nitrogens is 2. The lowest BCUT2D eigenvalue weighted by atomic mass is 10.1. The maximum absolute atomic E-state index is 10.0. The topological polar surface area (TPSA) is 38.0 Å². The Balaban J connectivity index is 2.03. The van der Waals surface area contributed by atoms with E-state index in [1.54, 1.807) is 0 Å². The van der Waals surface area contributed by atoms with E-state index in [1.807, 2.05) is 11.6 Å². The van der Waals surface area contributed by atoms with E-state index in [1.165, 1.54) is 12.1 Å². The summed E-state index contributed by atoms with van der Waals surface area (Å²) >= 11 is 0. The van der Waals surface area contributed by atoms with Crippen LogP contribution in [0.2, 0.25) is 0 Å². The van der Waals surface area contributed by atoms with Gasteiger partial charge in [0.15, 0.2) is 0 Å². The first-order valence-electron chi connectivity index (χ1n) is 5.83. The van der Waals surface area contributed by atoms with Crippen molar-refractivity contribution in [3.63, 3.8) is 0 Å². The normalized spacial score (nSPS) is 26.7. The van der Waals surface area contributed by atoms with Gasteiger partial charge < -0.3 is 5.11 Å². The fourth-order valence-corrected chi connectivity index (χ4v) is 2.29. The van der Waals surface area contributed by atoms with Crippen molar-refractivity contribution in [2.75, 3.05) is 0 Å². The van der Waals surface area contributed by atoms with Crippen molar-refractivity contribution < 1.29 is 5.11 Å². The highest BCUT2D eigenvalue weighted by molar-refractivity contribution is 5.11. The third kappa shape index (κ3) is 2.23. The summed E-state index contributed by atoms with van der Waals surface area (Å²) < 4.78 is 1.99. The molecule has 1 aromatic heterocycles. The summed E-state index contributed by atoms with van der Waals surface area (Å²) in [5.41, 5.74) is 2.21. The van der Waals surface area contributed by atoms with Gasteiger partial charge >= 0.3 is 0 Å². The highest BCUT2D eigenvalue weighted by Gasteiger charge is 2.38. The molecule has 0 aliphatic heterocycles. The van der Waals surface area contributed by atoms with Crippen LogP contribution in [0, 0.1) is 18.8 Å².